The number of halogens is 1. The third kappa shape index (κ3) is 2.74. The fourth-order valence-electron chi connectivity index (χ4n) is 1.52. The van der Waals surface area contributed by atoms with Gasteiger partial charge in [0, 0.05) is 37.4 Å². The lowest BCUT2D eigenvalue weighted by Gasteiger charge is -2.22. The van der Waals surface area contributed by atoms with Crippen LogP contribution in [0, 0.1) is 0 Å². The molecule has 80 valence electrons. The maximum absolute atomic E-state index is 4.39. The van der Waals surface area contributed by atoms with Crippen LogP contribution in [-0.4, -0.2) is 28.0 Å². The molecule has 0 amide bonds. The second-order valence-corrected chi connectivity index (χ2v) is 3.98. The van der Waals surface area contributed by atoms with Gasteiger partial charge in [0.15, 0.2) is 0 Å². The van der Waals surface area contributed by atoms with E-state index in [2.05, 4.69) is 44.2 Å². The van der Waals surface area contributed by atoms with Crippen LogP contribution >= 0.6 is 15.9 Å². The smallest absolute Gasteiger partial charge is 0.205 e. The Kier molecular flexibility index (Phi) is 5.01. The van der Waals surface area contributed by atoms with Crippen LogP contribution in [0.1, 0.15) is 20.3 Å². The second-order valence-electron chi connectivity index (χ2n) is 3.19. The second kappa shape index (κ2) is 6.06. The van der Waals surface area contributed by atoms with Crippen molar-refractivity contribution in [2.45, 2.75) is 26.8 Å². The predicted octanol–water partition coefficient (Wildman–Crippen LogP) is 2.51. The Bertz CT molecular complexity index is 254. The van der Waals surface area contributed by atoms with Crippen LogP contribution in [0.3, 0.4) is 0 Å². The standard InChI is InChI=1S/C10H18BrN3/c1-3-7-14(8-5-11)10-12-6-9-13(10)4-2/h6,9H,3-5,7-8H2,1-2H3. The molecule has 0 N–H and O–H groups in total. The average molecular weight is 260 g/mol. The highest BCUT2D eigenvalue weighted by atomic mass is 79.9. The number of imidazole rings is 1. The maximum Gasteiger partial charge on any atom is 0.205 e. The summed E-state index contributed by atoms with van der Waals surface area (Å²) in [6, 6.07) is 0. The van der Waals surface area contributed by atoms with Gasteiger partial charge in [-0.15, -0.1) is 0 Å². The molecule has 0 aliphatic rings. The van der Waals surface area contributed by atoms with E-state index in [0.29, 0.717) is 0 Å². The van der Waals surface area contributed by atoms with Crippen molar-refractivity contribution in [3.8, 4) is 0 Å². The van der Waals surface area contributed by atoms with E-state index < -0.39 is 0 Å². The van der Waals surface area contributed by atoms with E-state index in [4.69, 9.17) is 0 Å². The molecule has 0 aliphatic carbocycles. The number of hydrogen-bond donors (Lipinski definition) is 0. The van der Waals surface area contributed by atoms with Crippen molar-refractivity contribution in [3.63, 3.8) is 0 Å². The summed E-state index contributed by atoms with van der Waals surface area (Å²) in [5, 5.41) is 0.990. The Morgan fingerprint density at radius 3 is 2.79 bits per heavy atom. The minimum absolute atomic E-state index is 0.984. The molecule has 0 fully saturated rings. The minimum atomic E-state index is 0.984. The van der Waals surface area contributed by atoms with Gasteiger partial charge in [-0.3, -0.25) is 0 Å². The number of hydrogen-bond acceptors (Lipinski definition) is 2. The largest absolute Gasteiger partial charge is 0.341 e. The van der Waals surface area contributed by atoms with Crippen LogP contribution in [0.5, 0.6) is 0 Å². The van der Waals surface area contributed by atoms with Crippen molar-refractivity contribution in [2.75, 3.05) is 23.3 Å². The quantitative estimate of drug-likeness (QED) is 0.733. The molecule has 0 atom stereocenters. The van der Waals surface area contributed by atoms with Crippen LogP contribution in [0.15, 0.2) is 12.4 Å². The Hall–Kier alpha value is -0.510. The van der Waals surface area contributed by atoms with Crippen LogP contribution < -0.4 is 4.90 Å². The Morgan fingerprint density at radius 2 is 2.21 bits per heavy atom. The normalized spacial score (nSPS) is 10.5. The number of aryl methyl sites for hydroxylation is 1. The maximum atomic E-state index is 4.39. The van der Waals surface area contributed by atoms with Gasteiger partial charge in [0.1, 0.15) is 0 Å². The zero-order chi connectivity index (χ0) is 10.4. The Balaban J connectivity index is 2.75. The first-order valence-corrected chi connectivity index (χ1v) is 6.27. The van der Waals surface area contributed by atoms with Crippen molar-refractivity contribution in [2.24, 2.45) is 0 Å². The Labute approximate surface area is 94.3 Å². The molecule has 0 bridgehead atoms. The van der Waals surface area contributed by atoms with Crippen molar-refractivity contribution in [1.82, 2.24) is 9.55 Å². The molecule has 1 heterocycles. The molecule has 0 saturated carbocycles. The number of rotatable bonds is 6. The molecule has 1 rings (SSSR count). The van der Waals surface area contributed by atoms with Crippen LogP contribution in [0.2, 0.25) is 0 Å². The molecule has 0 radical (unpaired) electrons. The lowest BCUT2D eigenvalue weighted by Crippen LogP contribution is -2.29. The van der Waals surface area contributed by atoms with E-state index in [1.54, 1.807) is 0 Å². The topological polar surface area (TPSA) is 21.1 Å². The average Bonchev–Trinajstić information content (AvgIpc) is 2.65. The molecule has 0 saturated heterocycles. The first-order valence-electron chi connectivity index (χ1n) is 5.15. The highest BCUT2D eigenvalue weighted by Gasteiger charge is 2.09. The van der Waals surface area contributed by atoms with Crippen molar-refractivity contribution in [1.29, 1.82) is 0 Å². The molecule has 0 unspecified atom stereocenters. The van der Waals surface area contributed by atoms with E-state index in [1.807, 2.05) is 12.4 Å². The van der Waals surface area contributed by atoms with Crippen molar-refractivity contribution in [3.05, 3.63) is 12.4 Å². The highest BCUT2D eigenvalue weighted by Crippen LogP contribution is 2.12. The van der Waals surface area contributed by atoms with E-state index >= 15 is 0 Å². The van der Waals surface area contributed by atoms with Gasteiger partial charge in [-0.2, -0.15) is 0 Å². The number of aromatic nitrogens is 2. The summed E-state index contributed by atoms with van der Waals surface area (Å²) in [6.45, 7) is 7.41. The number of alkyl halides is 1. The van der Waals surface area contributed by atoms with Gasteiger partial charge in [0.05, 0.1) is 0 Å². The van der Waals surface area contributed by atoms with Gasteiger partial charge in [-0.1, -0.05) is 22.9 Å². The van der Waals surface area contributed by atoms with Crippen LogP contribution in [0.4, 0.5) is 5.95 Å². The zero-order valence-electron chi connectivity index (χ0n) is 8.91. The van der Waals surface area contributed by atoms with E-state index in [1.165, 1.54) is 0 Å². The third-order valence-corrected chi connectivity index (χ3v) is 2.52. The van der Waals surface area contributed by atoms with Gasteiger partial charge >= 0.3 is 0 Å². The summed E-state index contributed by atoms with van der Waals surface area (Å²) in [5.41, 5.74) is 0. The van der Waals surface area contributed by atoms with Gasteiger partial charge in [0.2, 0.25) is 5.95 Å². The highest BCUT2D eigenvalue weighted by molar-refractivity contribution is 9.09. The van der Waals surface area contributed by atoms with Gasteiger partial charge in [0.25, 0.3) is 0 Å². The lowest BCUT2D eigenvalue weighted by atomic mass is 10.4. The molecule has 3 nitrogen and oxygen atoms in total. The van der Waals surface area contributed by atoms with Gasteiger partial charge < -0.3 is 9.47 Å². The summed E-state index contributed by atoms with van der Waals surface area (Å²) < 4.78 is 2.18. The Morgan fingerprint density at radius 1 is 1.43 bits per heavy atom. The monoisotopic (exact) mass is 259 g/mol. The van der Waals surface area contributed by atoms with E-state index in [9.17, 15) is 0 Å². The molecule has 4 heteroatoms. The van der Waals surface area contributed by atoms with Gasteiger partial charge in [-0.25, -0.2) is 4.98 Å². The summed E-state index contributed by atoms with van der Waals surface area (Å²) in [5.74, 6) is 1.09. The van der Waals surface area contributed by atoms with E-state index in [-0.39, 0.29) is 0 Å². The SMILES string of the molecule is CCCN(CCBr)c1nccn1CC. The summed E-state index contributed by atoms with van der Waals surface area (Å²) in [7, 11) is 0. The third-order valence-electron chi connectivity index (χ3n) is 2.16. The van der Waals surface area contributed by atoms with Crippen LogP contribution in [0.25, 0.3) is 0 Å². The summed E-state index contributed by atoms with van der Waals surface area (Å²) >= 11 is 3.47. The zero-order valence-corrected chi connectivity index (χ0v) is 10.5. The molecule has 0 aromatic carbocycles. The lowest BCUT2D eigenvalue weighted by molar-refractivity contribution is 0.695. The molecule has 0 aliphatic heterocycles. The molecule has 1 aromatic rings. The van der Waals surface area contributed by atoms with Crippen LogP contribution in [-0.2, 0) is 6.54 Å². The molecular formula is C10H18BrN3. The number of anilines is 1. The minimum Gasteiger partial charge on any atom is -0.341 e. The first kappa shape index (κ1) is 11.6. The first-order chi connectivity index (χ1) is 6.83. The summed E-state index contributed by atoms with van der Waals surface area (Å²) in [4.78, 5) is 6.71. The fraction of sp³-hybridized carbons (Fsp3) is 0.700. The van der Waals surface area contributed by atoms with Crippen molar-refractivity contribution >= 4 is 21.9 Å². The molecular weight excluding hydrogens is 242 g/mol. The molecule has 0 spiro atoms. The molecule has 1 aromatic heterocycles. The predicted molar refractivity (Wildman–Crippen MR) is 64.2 cm³/mol. The molecule has 14 heavy (non-hydrogen) atoms. The van der Waals surface area contributed by atoms with E-state index in [0.717, 1.165) is 37.3 Å². The number of nitrogens with zero attached hydrogens (tertiary/aromatic N) is 3. The summed E-state index contributed by atoms with van der Waals surface area (Å²) in [6.07, 6.45) is 5.06. The fourth-order valence-corrected chi connectivity index (χ4v) is 1.94. The van der Waals surface area contributed by atoms with Gasteiger partial charge in [-0.05, 0) is 13.3 Å². The van der Waals surface area contributed by atoms with Crippen molar-refractivity contribution < 1.29 is 0 Å².